The van der Waals surface area contributed by atoms with Crippen LogP contribution in [0.4, 0.5) is 0 Å². The van der Waals surface area contributed by atoms with E-state index in [-0.39, 0.29) is 5.91 Å². The lowest BCUT2D eigenvalue weighted by atomic mass is 9.93. The van der Waals surface area contributed by atoms with Crippen molar-refractivity contribution in [2.75, 3.05) is 20.2 Å². The van der Waals surface area contributed by atoms with Gasteiger partial charge in [0.05, 0.1) is 7.11 Å². The van der Waals surface area contributed by atoms with Gasteiger partial charge < -0.3 is 15.0 Å². The molecule has 2 aromatic heterocycles. The van der Waals surface area contributed by atoms with Gasteiger partial charge in [-0.25, -0.2) is 0 Å². The number of methoxy groups -OCH3 is 1. The summed E-state index contributed by atoms with van der Waals surface area (Å²) >= 11 is 3.17. The molecule has 3 heterocycles. The van der Waals surface area contributed by atoms with Crippen molar-refractivity contribution in [1.82, 2.24) is 10.2 Å². The highest BCUT2D eigenvalue weighted by Crippen LogP contribution is 2.56. The van der Waals surface area contributed by atoms with Gasteiger partial charge in [0.15, 0.2) is 0 Å². The van der Waals surface area contributed by atoms with E-state index in [9.17, 15) is 4.79 Å². The number of thiophene rings is 2. The first kappa shape index (κ1) is 16.1. The van der Waals surface area contributed by atoms with Gasteiger partial charge in [0.1, 0.15) is 10.6 Å². The molecule has 1 aliphatic carbocycles. The second-order valence-corrected chi connectivity index (χ2v) is 8.41. The van der Waals surface area contributed by atoms with Crippen molar-refractivity contribution in [3.05, 3.63) is 38.7 Å². The van der Waals surface area contributed by atoms with Crippen molar-refractivity contribution in [2.24, 2.45) is 5.41 Å². The lowest BCUT2D eigenvalue weighted by Gasteiger charge is -2.29. The molecular formula is C18H22N2O2S2. The summed E-state index contributed by atoms with van der Waals surface area (Å²) in [6, 6.07) is 4.36. The van der Waals surface area contributed by atoms with Gasteiger partial charge in [0.2, 0.25) is 0 Å². The number of carbonyl (C=O) groups excluding carboxylic acids is 1. The Balaban J connectivity index is 1.60. The number of nitrogens with one attached hydrogen (secondary N) is 1. The lowest BCUT2D eigenvalue weighted by Crippen LogP contribution is -2.38. The Kier molecular flexibility index (Phi) is 4.37. The summed E-state index contributed by atoms with van der Waals surface area (Å²) in [6.07, 6.45) is 3.48. The Morgan fingerprint density at radius 3 is 2.92 bits per heavy atom. The molecule has 0 bridgehead atoms. The first-order valence-corrected chi connectivity index (χ1v) is 10.2. The zero-order valence-electron chi connectivity index (χ0n) is 13.8. The molecular weight excluding hydrogens is 340 g/mol. The summed E-state index contributed by atoms with van der Waals surface area (Å²) < 4.78 is 5.38. The predicted molar refractivity (Wildman–Crippen MR) is 98.0 cm³/mol. The fourth-order valence-electron chi connectivity index (χ4n) is 3.88. The molecule has 1 spiro atoms. The zero-order valence-corrected chi connectivity index (χ0v) is 15.4. The third-order valence-electron chi connectivity index (χ3n) is 5.36. The second kappa shape index (κ2) is 6.50. The van der Waals surface area contributed by atoms with Crippen LogP contribution in [-0.4, -0.2) is 37.0 Å². The largest absolute Gasteiger partial charge is 0.495 e. The Labute approximate surface area is 150 Å². The summed E-state index contributed by atoms with van der Waals surface area (Å²) in [5.41, 5.74) is 1.56. The van der Waals surface area contributed by atoms with E-state index in [1.54, 1.807) is 18.4 Å². The number of ether oxygens (including phenoxy) is 1. The van der Waals surface area contributed by atoms with Gasteiger partial charge in [-0.05, 0) is 71.6 Å². The summed E-state index contributed by atoms with van der Waals surface area (Å²) in [5.74, 6) is 0.814. The molecule has 1 N–H and O–H groups in total. The number of carbonyl (C=O) groups is 1. The maximum absolute atomic E-state index is 13.3. The number of nitrogens with zero attached hydrogens (tertiary/aromatic N) is 1. The van der Waals surface area contributed by atoms with E-state index in [1.807, 2.05) is 11.4 Å². The van der Waals surface area contributed by atoms with Crippen molar-refractivity contribution in [2.45, 2.75) is 31.8 Å². The van der Waals surface area contributed by atoms with Gasteiger partial charge in [0.25, 0.3) is 5.91 Å². The minimum atomic E-state index is 0.119. The number of piperidine rings is 1. The third kappa shape index (κ3) is 2.87. The Bertz CT molecular complexity index is 704. The molecule has 0 aromatic carbocycles. The smallest absolute Gasteiger partial charge is 0.268 e. The van der Waals surface area contributed by atoms with Crippen LogP contribution >= 0.6 is 22.7 Å². The van der Waals surface area contributed by atoms with Crippen LogP contribution in [0, 0.1) is 5.41 Å². The van der Waals surface area contributed by atoms with Gasteiger partial charge >= 0.3 is 0 Å². The number of amides is 1. The first-order chi connectivity index (χ1) is 11.7. The average molecular weight is 363 g/mol. The molecule has 1 saturated carbocycles. The molecule has 2 aromatic rings. The van der Waals surface area contributed by atoms with Gasteiger partial charge in [-0.3, -0.25) is 4.79 Å². The van der Waals surface area contributed by atoms with E-state index in [1.165, 1.54) is 29.7 Å². The van der Waals surface area contributed by atoms with Gasteiger partial charge in [-0.1, -0.05) is 0 Å². The molecule has 1 atom stereocenters. The topological polar surface area (TPSA) is 41.6 Å². The maximum atomic E-state index is 13.3. The minimum Gasteiger partial charge on any atom is -0.495 e. The highest BCUT2D eigenvalue weighted by molar-refractivity contribution is 7.12. The summed E-state index contributed by atoms with van der Waals surface area (Å²) in [5, 5.41) is 9.60. The van der Waals surface area contributed by atoms with Crippen LogP contribution in [0.15, 0.2) is 28.3 Å². The van der Waals surface area contributed by atoms with E-state index in [4.69, 9.17) is 4.74 Å². The minimum absolute atomic E-state index is 0.119. The molecule has 1 amide bonds. The molecule has 24 heavy (non-hydrogen) atoms. The Hall–Kier alpha value is -1.37. The number of rotatable bonds is 5. The fraction of sp³-hybridized carbons (Fsp3) is 0.500. The van der Waals surface area contributed by atoms with Crippen molar-refractivity contribution >= 4 is 28.6 Å². The lowest BCUT2D eigenvalue weighted by molar-refractivity contribution is 0.0694. The standard InChI is InChI=1S/C18H22N2O2S2/c1-22-14-3-9-24-16(14)17(21)20(11-13-2-8-23-12-13)15-10-18(15)4-6-19-7-5-18/h2-3,8-9,12,15,19H,4-7,10-11H2,1H3/t15-/m1/s1. The molecule has 0 unspecified atom stereocenters. The van der Waals surface area contributed by atoms with E-state index in [0.29, 0.717) is 23.8 Å². The van der Waals surface area contributed by atoms with Crippen molar-refractivity contribution in [1.29, 1.82) is 0 Å². The monoisotopic (exact) mass is 362 g/mol. The summed E-state index contributed by atoms with van der Waals surface area (Å²) in [7, 11) is 1.63. The van der Waals surface area contributed by atoms with Crippen LogP contribution in [-0.2, 0) is 6.54 Å². The van der Waals surface area contributed by atoms with Crippen LogP contribution in [0.3, 0.4) is 0 Å². The SMILES string of the molecule is COc1ccsc1C(=O)N(Cc1ccsc1)[C@@H]1CC12CCNCC2. The summed E-state index contributed by atoms with van der Waals surface area (Å²) in [6.45, 7) is 2.84. The molecule has 4 nitrogen and oxygen atoms in total. The maximum Gasteiger partial charge on any atom is 0.268 e. The molecule has 128 valence electrons. The van der Waals surface area contributed by atoms with Crippen molar-refractivity contribution < 1.29 is 9.53 Å². The number of hydrogen-bond donors (Lipinski definition) is 1. The van der Waals surface area contributed by atoms with Crippen LogP contribution < -0.4 is 10.1 Å². The summed E-state index contributed by atoms with van der Waals surface area (Å²) in [4.78, 5) is 16.1. The van der Waals surface area contributed by atoms with E-state index in [0.717, 1.165) is 24.4 Å². The fourth-order valence-corrected chi connectivity index (χ4v) is 5.35. The molecule has 2 fully saturated rings. The number of hydrogen-bond acceptors (Lipinski definition) is 5. The molecule has 1 saturated heterocycles. The highest BCUT2D eigenvalue weighted by atomic mass is 32.1. The van der Waals surface area contributed by atoms with E-state index >= 15 is 0 Å². The van der Waals surface area contributed by atoms with Crippen LogP contribution in [0.1, 0.15) is 34.5 Å². The third-order valence-corrected chi connectivity index (χ3v) is 6.98. The van der Waals surface area contributed by atoms with Crippen LogP contribution in [0.5, 0.6) is 5.75 Å². The molecule has 4 rings (SSSR count). The average Bonchev–Trinajstić information content (AvgIpc) is 3.05. The zero-order chi connectivity index (χ0) is 16.6. The molecule has 2 aliphatic rings. The van der Waals surface area contributed by atoms with Gasteiger partial charge in [-0.2, -0.15) is 11.3 Å². The Morgan fingerprint density at radius 2 is 2.21 bits per heavy atom. The van der Waals surface area contributed by atoms with Crippen LogP contribution in [0.2, 0.25) is 0 Å². The van der Waals surface area contributed by atoms with E-state index in [2.05, 4.69) is 27.0 Å². The van der Waals surface area contributed by atoms with Gasteiger partial charge in [0, 0.05) is 12.6 Å². The molecule has 1 aliphatic heterocycles. The normalized spacial score (nSPS) is 21.6. The quantitative estimate of drug-likeness (QED) is 0.884. The highest BCUT2D eigenvalue weighted by Gasteiger charge is 2.58. The van der Waals surface area contributed by atoms with Crippen molar-refractivity contribution in [3.63, 3.8) is 0 Å². The predicted octanol–water partition coefficient (Wildman–Crippen LogP) is 3.60. The van der Waals surface area contributed by atoms with Crippen LogP contribution in [0.25, 0.3) is 0 Å². The van der Waals surface area contributed by atoms with E-state index < -0.39 is 0 Å². The first-order valence-electron chi connectivity index (χ1n) is 8.38. The molecule has 6 heteroatoms. The Morgan fingerprint density at radius 1 is 1.38 bits per heavy atom. The second-order valence-electron chi connectivity index (χ2n) is 6.72. The molecule has 0 radical (unpaired) electrons. The van der Waals surface area contributed by atoms with Gasteiger partial charge in [-0.15, -0.1) is 11.3 Å². The van der Waals surface area contributed by atoms with Crippen molar-refractivity contribution in [3.8, 4) is 5.75 Å².